The molecule has 0 fully saturated rings. The van der Waals surface area contributed by atoms with Gasteiger partial charge in [-0.05, 0) is 42.0 Å². The standard InChI is InChI=1S/C21H15ClF3N5O2S/c22-15-5-1-13(2-6-15)12-33-19-18-28-30(20(32)29(18)10-9-26-19)11-17(31)27-16-7-3-14(4-8-16)21(23,24)25/h1-10H,11-12H2,(H,27,31). The second-order valence-electron chi connectivity index (χ2n) is 6.90. The Labute approximate surface area is 194 Å². The van der Waals surface area contributed by atoms with E-state index in [4.69, 9.17) is 11.6 Å². The highest BCUT2D eigenvalue weighted by Crippen LogP contribution is 2.30. The van der Waals surface area contributed by atoms with Crippen molar-refractivity contribution < 1.29 is 18.0 Å². The zero-order valence-corrected chi connectivity index (χ0v) is 18.3. The highest BCUT2D eigenvalue weighted by Gasteiger charge is 2.30. The lowest BCUT2D eigenvalue weighted by Crippen LogP contribution is -2.28. The highest BCUT2D eigenvalue weighted by atomic mass is 35.5. The number of nitrogens with one attached hydrogen (secondary N) is 1. The van der Waals surface area contributed by atoms with Gasteiger partial charge in [0.1, 0.15) is 11.6 Å². The number of rotatable bonds is 6. The fourth-order valence-corrected chi connectivity index (χ4v) is 3.97. The maximum atomic E-state index is 12.7. The van der Waals surface area contributed by atoms with Gasteiger partial charge in [-0.1, -0.05) is 35.5 Å². The highest BCUT2D eigenvalue weighted by molar-refractivity contribution is 7.98. The number of anilines is 1. The minimum atomic E-state index is -4.47. The summed E-state index contributed by atoms with van der Waals surface area (Å²) in [5.41, 5.74) is 0.108. The molecular weight excluding hydrogens is 479 g/mol. The van der Waals surface area contributed by atoms with E-state index in [1.54, 1.807) is 12.1 Å². The molecule has 0 radical (unpaired) electrons. The SMILES string of the molecule is O=C(Cn1nc2c(SCc3ccc(Cl)cc3)nccn2c1=O)Nc1ccc(C(F)(F)F)cc1. The monoisotopic (exact) mass is 493 g/mol. The second kappa shape index (κ2) is 9.28. The zero-order chi connectivity index (χ0) is 23.6. The topological polar surface area (TPSA) is 81.3 Å². The Bertz CT molecular complexity index is 1350. The van der Waals surface area contributed by atoms with Crippen molar-refractivity contribution in [2.24, 2.45) is 0 Å². The van der Waals surface area contributed by atoms with E-state index in [0.717, 1.165) is 34.5 Å². The molecule has 0 saturated carbocycles. The largest absolute Gasteiger partial charge is 0.416 e. The first-order valence-corrected chi connectivity index (χ1v) is 10.9. The Morgan fingerprint density at radius 2 is 1.79 bits per heavy atom. The molecule has 0 spiro atoms. The van der Waals surface area contributed by atoms with Crippen LogP contribution in [0.4, 0.5) is 18.9 Å². The van der Waals surface area contributed by atoms with Crippen LogP contribution in [0, 0.1) is 0 Å². The third-order valence-corrected chi connectivity index (χ3v) is 5.84. The molecule has 0 aliphatic carbocycles. The van der Waals surface area contributed by atoms with Crippen LogP contribution >= 0.6 is 23.4 Å². The van der Waals surface area contributed by atoms with E-state index in [-0.39, 0.29) is 5.69 Å². The molecule has 7 nitrogen and oxygen atoms in total. The van der Waals surface area contributed by atoms with Crippen molar-refractivity contribution in [3.63, 3.8) is 0 Å². The molecule has 0 saturated heterocycles. The summed E-state index contributed by atoms with van der Waals surface area (Å²) in [7, 11) is 0. The van der Waals surface area contributed by atoms with Gasteiger partial charge in [0.15, 0.2) is 5.65 Å². The molecule has 1 N–H and O–H groups in total. The van der Waals surface area contributed by atoms with Crippen molar-refractivity contribution in [3.05, 3.63) is 87.6 Å². The first-order chi connectivity index (χ1) is 15.7. The van der Waals surface area contributed by atoms with Gasteiger partial charge in [0.2, 0.25) is 5.91 Å². The molecule has 0 bridgehead atoms. The summed E-state index contributed by atoms with van der Waals surface area (Å²) in [5.74, 6) is -0.0390. The molecule has 0 atom stereocenters. The maximum absolute atomic E-state index is 12.7. The fourth-order valence-electron chi connectivity index (χ4n) is 2.94. The average Bonchev–Trinajstić information content (AvgIpc) is 3.09. The van der Waals surface area contributed by atoms with Crippen molar-refractivity contribution in [2.45, 2.75) is 23.5 Å². The molecule has 0 aliphatic heterocycles. The van der Waals surface area contributed by atoms with Crippen LogP contribution in [0.1, 0.15) is 11.1 Å². The van der Waals surface area contributed by atoms with Crippen molar-refractivity contribution in [1.82, 2.24) is 19.2 Å². The van der Waals surface area contributed by atoms with Gasteiger partial charge in [-0.25, -0.2) is 18.9 Å². The van der Waals surface area contributed by atoms with Crippen LogP contribution in [0.5, 0.6) is 0 Å². The number of nitrogens with zero attached hydrogens (tertiary/aromatic N) is 4. The number of carbonyl (C=O) groups excluding carboxylic acids is 1. The molecule has 12 heteroatoms. The predicted molar refractivity (Wildman–Crippen MR) is 118 cm³/mol. The predicted octanol–water partition coefficient (Wildman–Crippen LogP) is 4.49. The van der Waals surface area contributed by atoms with Crippen molar-refractivity contribution in [1.29, 1.82) is 0 Å². The molecule has 0 aliphatic rings. The lowest BCUT2D eigenvalue weighted by atomic mass is 10.2. The summed E-state index contributed by atoms with van der Waals surface area (Å²) in [6.07, 6.45) is -1.56. The number of halogens is 4. The minimum absolute atomic E-state index is 0.172. The van der Waals surface area contributed by atoms with Gasteiger partial charge in [0.05, 0.1) is 5.56 Å². The number of amides is 1. The van der Waals surface area contributed by atoms with E-state index in [1.165, 1.54) is 28.6 Å². The van der Waals surface area contributed by atoms with E-state index in [2.05, 4.69) is 15.4 Å². The van der Waals surface area contributed by atoms with E-state index < -0.39 is 29.9 Å². The number of carbonyl (C=O) groups is 1. The number of thioether (sulfide) groups is 1. The van der Waals surface area contributed by atoms with Crippen LogP contribution in [0.15, 0.2) is 70.7 Å². The van der Waals surface area contributed by atoms with Crippen LogP contribution in [0.2, 0.25) is 5.02 Å². The molecule has 0 unspecified atom stereocenters. The molecule has 2 aromatic carbocycles. The second-order valence-corrected chi connectivity index (χ2v) is 8.31. The number of fused-ring (bicyclic) bond motifs is 1. The first-order valence-electron chi connectivity index (χ1n) is 9.49. The Morgan fingerprint density at radius 3 is 2.45 bits per heavy atom. The summed E-state index contributed by atoms with van der Waals surface area (Å²) in [4.78, 5) is 29.3. The van der Waals surface area contributed by atoms with Gasteiger partial charge >= 0.3 is 11.9 Å². The van der Waals surface area contributed by atoms with Crippen molar-refractivity contribution >= 4 is 40.6 Å². The van der Waals surface area contributed by atoms with E-state index in [0.29, 0.717) is 21.4 Å². The summed E-state index contributed by atoms with van der Waals surface area (Å²) < 4.78 is 40.3. The van der Waals surface area contributed by atoms with Crippen LogP contribution in [-0.4, -0.2) is 25.1 Å². The zero-order valence-electron chi connectivity index (χ0n) is 16.7. The van der Waals surface area contributed by atoms with Crippen LogP contribution < -0.4 is 11.0 Å². The summed E-state index contributed by atoms with van der Waals surface area (Å²) in [6.45, 7) is -0.414. The summed E-state index contributed by atoms with van der Waals surface area (Å²) in [5, 5.41) is 7.81. The van der Waals surface area contributed by atoms with Gasteiger partial charge in [-0.3, -0.25) is 4.79 Å². The molecule has 33 heavy (non-hydrogen) atoms. The Balaban J connectivity index is 1.48. The van der Waals surface area contributed by atoms with Crippen LogP contribution in [-0.2, 0) is 23.3 Å². The maximum Gasteiger partial charge on any atom is 0.416 e. The van der Waals surface area contributed by atoms with Crippen LogP contribution in [0.25, 0.3) is 5.65 Å². The average molecular weight is 494 g/mol. The molecular formula is C21H15ClF3N5O2S. The lowest BCUT2D eigenvalue weighted by molar-refractivity contribution is -0.137. The number of benzene rings is 2. The minimum Gasteiger partial charge on any atom is -0.324 e. The number of aromatic nitrogens is 4. The van der Waals surface area contributed by atoms with E-state index >= 15 is 0 Å². The lowest BCUT2D eigenvalue weighted by Gasteiger charge is -2.08. The number of hydrogen-bond donors (Lipinski definition) is 1. The number of hydrogen-bond acceptors (Lipinski definition) is 5. The van der Waals surface area contributed by atoms with Gasteiger partial charge in [0, 0.05) is 28.9 Å². The molecule has 4 rings (SSSR count). The van der Waals surface area contributed by atoms with Gasteiger partial charge in [-0.15, -0.1) is 5.10 Å². The van der Waals surface area contributed by atoms with Gasteiger partial charge < -0.3 is 5.32 Å². The van der Waals surface area contributed by atoms with Gasteiger partial charge in [0.25, 0.3) is 0 Å². The molecule has 4 aromatic rings. The van der Waals surface area contributed by atoms with Gasteiger partial charge in [-0.2, -0.15) is 13.2 Å². The third kappa shape index (κ3) is 5.37. The fraction of sp³-hybridized carbons (Fsp3) is 0.143. The van der Waals surface area contributed by atoms with Crippen LogP contribution in [0.3, 0.4) is 0 Å². The molecule has 2 heterocycles. The summed E-state index contributed by atoms with van der Waals surface area (Å²) >= 11 is 7.27. The van der Waals surface area contributed by atoms with E-state index in [9.17, 15) is 22.8 Å². The normalized spacial score (nSPS) is 11.6. The molecule has 170 valence electrons. The Morgan fingerprint density at radius 1 is 1.09 bits per heavy atom. The number of alkyl halides is 3. The molecule has 2 aromatic heterocycles. The summed E-state index contributed by atoms with van der Waals surface area (Å²) in [6, 6.07) is 11.3. The van der Waals surface area contributed by atoms with Crippen molar-refractivity contribution in [3.8, 4) is 0 Å². The quantitative estimate of drug-likeness (QED) is 0.400. The van der Waals surface area contributed by atoms with Crippen molar-refractivity contribution in [2.75, 3.05) is 5.32 Å². The Kier molecular flexibility index (Phi) is 6.43. The molecule has 1 amide bonds. The third-order valence-electron chi connectivity index (χ3n) is 4.55. The van der Waals surface area contributed by atoms with E-state index in [1.807, 2.05) is 12.1 Å². The Hall–Kier alpha value is -3.31. The smallest absolute Gasteiger partial charge is 0.324 e. The first kappa shape index (κ1) is 22.9.